The van der Waals surface area contributed by atoms with E-state index in [1.54, 1.807) is 6.26 Å². The second-order valence-corrected chi connectivity index (χ2v) is 7.98. The molecule has 114 valence electrons. The van der Waals surface area contributed by atoms with Crippen molar-refractivity contribution in [3.8, 4) is 11.4 Å². The number of nitrogens with zero attached hydrogens (tertiary/aromatic N) is 3. The van der Waals surface area contributed by atoms with Crippen molar-refractivity contribution in [1.29, 1.82) is 0 Å². The van der Waals surface area contributed by atoms with E-state index in [1.807, 2.05) is 36.7 Å². The molecule has 5 nitrogen and oxygen atoms in total. The highest BCUT2D eigenvalue weighted by molar-refractivity contribution is 9.11. The molecule has 22 heavy (non-hydrogen) atoms. The molecule has 0 amide bonds. The smallest absolute Gasteiger partial charge is 0.191 e. The van der Waals surface area contributed by atoms with Crippen molar-refractivity contribution < 1.29 is 9.21 Å². The number of halogens is 1. The number of ketones is 1. The minimum absolute atomic E-state index is 0.0877. The van der Waals surface area contributed by atoms with E-state index in [0.29, 0.717) is 10.9 Å². The highest BCUT2D eigenvalue weighted by Gasteiger charge is 2.16. The first-order chi connectivity index (χ1) is 10.6. The first-order valence-electron chi connectivity index (χ1n) is 6.41. The van der Waals surface area contributed by atoms with E-state index in [1.165, 1.54) is 23.1 Å². The Bertz CT molecular complexity index is 822. The molecule has 0 spiro atoms. The first-order valence-corrected chi connectivity index (χ1v) is 9.01. The van der Waals surface area contributed by atoms with Gasteiger partial charge in [-0.3, -0.25) is 4.79 Å². The van der Waals surface area contributed by atoms with Crippen LogP contribution in [0.4, 0.5) is 0 Å². The van der Waals surface area contributed by atoms with Crippen LogP contribution in [0.3, 0.4) is 0 Å². The van der Waals surface area contributed by atoms with Gasteiger partial charge in [-0.2, -0.15) is 0 Å². The quantitative estimate of drug-likeness (QED) is 0.477. The van der Waals surface area contributed by atoms with Gasteiger partial charge in [-0.15, -0.1) is 21.5 Å². The fourth-order valence-corrected chi connectivity index (χ4v) is 4.17. The van der Waals surface area contributed by atoms with Gasteiger partial charge in [0.2, 0.25) is 0 Å². The van der Waals surface area contributed by atoms with Gasteiger partial charge in [0.15, 0.2) is 16.8 Å². The van der Waals surface area contributed by atoms with E-state index in [-0.39, 0.29) is 5.78 Å². The second-order valence-electron chi connectivity index (χ2n) is 4.57. The molecule has 3 heterocycles. The Kier molecular flexibility index (Phi) is 4.51. The van der Waals surface area contributed by atoms with Gasteiger partial charge in [0.05, 0.1) is 26.2 Å². The van der Waals surface area contributed by atoms with E-state index in [4.69, 9.17) is 4.42 Å². The summed E-state index contributed by atoms with van der Waals surface area (Å²) < 4.78 is 8.13. The standard InChI is InChI=1S/C14H12BrN3O2S2/c1-8-9(5-6-20-8)13-16-17-14(18(13)2)21-7-10(19)11-3-4-12(15)22-11/h3-6H,7H2,1-2H3. The summed E-state index contributed by atoms with van der Waals surface area (Å²) in [5, 5.41) is 9.06. The largest absolute Gasteiger partial charge is 0.469 e. The first kappa shape index (κ1) is 15.5. The number of carbonyl (C=O) groups excluding carboxylic acids is 1. The van der Waals surface area contributed by atoms with Gasteiger partial charge in [-0.05, 0) is 41.1 Å². The zero-order valence-corrected chi connectivity index (χ0v) is 15.1. The molecule has 0 saturated carbocycles. The molecule has 0 aliphatic heterocycles. The molecule has 3 aromatic rings. The predicted octanol–water partition coefficient (Wildman–Crippen LogP) is 4.18. The number of rotatable bonds is 5. The number of aromatic nitrogens is 3. The number of carbonyl (C=O) groups is 1. The highest BCUT2D eigenvalue weighted by Crippen LogP contribution is 2.27. The van der Waals surface area contributed by atoms with Gasteiger partial charge < -0.3 is 8.98 Å². The van der Waals surface area contributed by atoms with Crippen molar-refractivity contribution in [3.63, 3.8) is 0 Å². The Hall–Kier alpha value is -1.38. The molecule has 0 saturated heterocycles. The number of Topliss-reactive ketones (excluding diaryl/α,β-unsaturated/α-hetero) is 1. The maximum Gasteiger partial charge on any atom is 0.191 e. The van der Waals surface area contributed by atoms with Crippen LogP contribution in [0.2, 0.25) is 0 Å². The van der Waals surface area contributed by atoms with Crippen molar-refractivity contribution >= 4 is 44.8 Å². The van der Waals surface area contributed by atoms with Crippen molar-refractivity contribution in [3.05, 3.63) is 38.9 Å². The van der Waals surface area contributed by atoms with Crippen LogP contribution >= 0.6 is 39.0 Å². The normalized spacial score (nSPS) is 11.0. The maximum absolute atomic E-state index is 12.1. The van der Waals surface area contributed by atoms with Crippen LogP contribution in [0, 0.1) is 6.92 Å². The van der Waals surface area contributed by atoms with Gasteiger partial charge in [-0.25, -0.2) is 0 Å². The highest BCUT2D eigenvalue weighted by atomic mass is 79.9. The molecule has 0 atom stereocenters. The van der Waals surface area contributed by atoms with Crippen LogP contribution in [0.1, 0.15) is 15.4 Å². The van der Waals surface area contributed by atoms with E-state index < -0.39 is 0 Å². The average Bonchev–Trinajstić information content (AvgIpc) is 3.18. The summed E-state index contributed by atoms with van der Waals surface area (Å²) in [7, 11) is 1.89. The molecule has 0 bridgehead atoms. The summed E-state index contributed by atoms with van der Waals surface area (Å²) in [4.78, 5) is 12.9. The predicted molar refractivity (Wildman–Crippen MR) is 90.5 cm³/mol. The van der Waals surface area contributed by atoms with Gasteiger partial charge in [0.25, 0.3) is 0 Å². The number of thiophene rings is 1. The van der Waals surface area contributed by atoms with Crippen LogP contribution in [-0.4, -0.2) is 26.3 Å². The summed E-state index contributed by atoms with van der Waals surface area (Å²) in [6.45, 7) is 1.88. The van der Waals surface area contributed by atoms with E-state index >= 15 is 0 Å². The average molecular weight is 398 g/mol. The fourth-order valence-electron chi connectivity index (χ4n) is 1.96. The molecule has 0 aliphatic rings. The lowest BCUT2D eigenvalue weighted by Gasteiger charge is -2.02. The summed E-state index contributed by atoms with van der Waals surface area (Å²) in [5.41, 5.74) is 0.912. The molecular weight excluding hydrogens is 386 g/mol. The molecule has 3 rings (SSSR count). The Morgan fingerprint density at radius 3 is 2.86 bits per heavy atom. The Labute approximate surface area is 143 Å². The Morgan fingerprint density at radius 2 is 2.23 bits per heavy atom. The molecule has 0 N–H and O–H groups in total. The van der Waals surface area contributed by atoms with Crippen LogP contribution in [0.25, 0.3) is 11.4 Å². The van der Waals surface area contributed by atoms with Crippen LogP contribution < -0.4 is 0 Å². The van der Waals surface area contributed by atoms with Gasteiger partial charge in [0.1, 0.15) is 5.76 Å². The molecule has 0 aliphatic carbocycles. The van der Waals surface area contributed by atoms with Crippen molar-refractivity contribution in [2.24, 2.45) is 7.05 Å². The summed E-state index contributed by atoms with van der Waals surface area (Å²) in [6.07, 6.45) is 1.63. The monoisotopic (exact) mass is 397 g/mol. The Balaban J connectivity index is 1.73. The summed E-state index contributed by atoms with van der Waals surface area (Å²) in [6, 6.07) is 5.57. The summed E-state index contributed by atoms with van der Waals surface area (Å²) >= 11 is 6.19. The van der Waals surface area contributed by atoms with Gasteiger partial charge >= 0.3 is 0 Å². The number of aryl methyl sites for hydroxylation is 1. The molecule has 0 aromatic carbocycles. The van der Waals surface area contributed by atoms with E-state index in [9.17, 15) is 4.79 Å². The molecule has 0 fully saturated rings. The fraction of sp³-hybridized carbons (Fsp3) is 0.214. The summed E-state index contributed by atoms with van der Waals surface area (Å²) in [5.74, 6) is 1.96. The number of hydrogen-bond donors (Lipinski definition) is 0. The minimum atomic E-state index is 0.0877. The Morgan fingerprint density at radius 1 is 1.41 bits per heavy atom. The number of hydrogen-bond acceptors (Lipinski definition) is 6. The minimum Gasteiger partial charge on any atom is -0.469 e. The van der Waals surface area contributed by atoms with E-state index in [0.717, 1.165) is 25.8 Å². The topological polar surface area (TPSA) is 60.9 Å². The zero-order valence-electron chi connectivity index (χ0n) is 11.9. The van der Waals surface area contributed by atoms with Crippen LogP contribution in [0.5, 0.6) is 0 Å². The lowest BCUT2D eigenvalue weighted by Crippen LogP contribution is -2.02. The van der Waals surface area contributed by atoms with Crippen molar-refractivity contribution in [2.45, 2.75) is 12.1 Å². The molecular formula is C14H12BrN3O2S2. The van der Waals surface area contributed by atoms with Crippen LogP contribution in [-0.2, 0) is 7.05 Å². The molecule has 8 heteroatoms. The third kappa shape index (κ3) is 3.04. The lowest BCUT2D eigenvalue weighted by molar-refractivity contribution is 0.102. The van der Waals surface area contributed by atoms with Crippen LogP contribution in [0.15, 0.2) is 37.8 Å². The van der Waals surface area contributed by atoms with Gasteiger partial charge in [-0.1, -0.05) is 11.8 Å². The van der Waals surface area contributed by atoms with Crippen molar-refractivity contribution in [1.82, 2.24) is 14.8 Å². The number of thioether (sulfide) groups is 1. The third-order valence-corrected chi connectivity index (χ3v) is 5.80. The third-order valence-electron chi connectivity index (χ3n) is 3.12. The number of furan rings is 1. The maximum atomic E-state index is 12.1. The second kappa shape index (κ2) is 6.39. The molecule has 3 aromatic heterocycles. The van der Waals surface area contributed by atoms with Gasteiger partial charge in [0, 0.05) is 7.05 Å². The lowest BCUT2D eigenvalue weighted by atomic mass is 10.2. The SMILES string of the molecule is Cc1occc1-c1nnc(SCC(=O)c2ccc(Br)s2)n1C. The molecule has 0 radical (unpaired) electrons. The van der Waals surface area contributed by atoms with E-state index in [2.05, 4.69) is 26.1 Å². The van der Waals surface area contributed by atoms with Crippen molar-refractivity contribution in [2.75, 3.05) is 5.75 Å². The molecule has 0 unspecified atom stereocenters. The zero-order chi connectivity index (χ0) is 15.7.